The molecule has 0 saturated heterocycles. The van der Waals surface area contributed by atoms with Gasteiger partial charge in [-0.15, -0.1) is 11.8 Å². The van der Waals surface area contributed by atoms with Gasteiger partial charge >= 0.3 is 5.51 Å². The van der Waals surface area contributed by atoms with Crippen LogP contribution in [0.2, 0.25) is 0 Å². The minimum absolute atomic E-state index is 0.00122. The summed E-state index contributed by atoms with van der Waals surface area (Å²) in [5.41, 5.74) is 3.24. The zero-order chi connectivity index (χ0) is 12.2. The summed E-state index contributed by atoms with van der Waals surface area (Å²) in [5.74, 6) is 0.444. The molecule has 0 aromatic heterocycles. The van der Waals surface area contributed by atoms with Gasteiger partial charge in [0, 0.05) is 22.1 Å². The van der Waals surface area contributed by atoms with E-state index in [9.17, 15) is 13.2 Å². The Morgan fingerprint density at radius 1 is 1.25 bits per heavy atom. The molecule has 2 N–H and O–H groups in total. The molecular formula is C10H12F3NS2. The van der Waals surface area contributed by atoms with Crippen molar-refractivity contribution in [3.05, 3.63) is 23.8 Å². The van der Waals surface area contributed by atoms with Gasteiger partial charge in [0.1, 0.15) is 0 Å². The van der Waals surface area contributed by atoms with E-state index < -0.39 is 5.51 Å². The van der Waals surface area contributed by atoms with Crippen LogP contribution in [0.3, 0.4) is 0 Å². The molecular weight excluding hydrogens is 255 g/mol. The van der Waals surface area contributed by atoms with Crippen molar-refractivity contribution < 1.29 is 13.2 Å². The maximum Gasteiger partial charge on any atom is 0.441 e. The SMILES string of the molecule is Cc1ccc(N)c(SCCSC(F)(F)F)c1. The molecule has 16 heavy (non-hydrogen) atoms. The molecule has 90 valence electrons. The Morgan fingerprint density at radius 2 is 1.94 bits per heavy atom. The molecule has 0 aliphatic carbocycles. The molecule has 1 aromatic carbocycles. The van der Waals surface area contributed by atoms with Gasteiger partial charge in [-0.05, 0) is 24.6 Å². The fourth-order valence-electron chi connectivity index (χ4n) is 1.08. The molecule has 0 heterocycles. The van der Waals surface area contributed by atoms with Gasteiger partial charge in [0.05, 0.1) is 0 Å². The maximum absolute atomic E-state index is 11.9. The average molecular weight is 267 g/mol. The van der Waals surface area contributed by atoms with Crippen LogP contribution in [0.4, 0.5) is 18.9 Å². The summed E-state index contributed by atoms with van der Waals surface area (Å²) in [6.07, 6.45) is 0. The largest absolute Gasteiger partial charge is 0.441 e. The summed E-state index contributed by atoms with van der Waals surface area (Å²) in [4.78, 5) is 0.850. The maximum atomic E-state index is 11.9. The minimum atomic E-state index is -4.14. The van der Waals surface area contributed by atoms with Crippen molar-refractivity contribution in [3.8, 4) is 0 Å². The molecule has 1 rings (SSSR count). The van der Waals surface area contributed by atoms with Crippen molar-refractivity contribution in [1.29, 1.82) is 0 Å². The Labute approximate surface area is 101 Å². The molecule has 0 bridgehead atoms. The van der Waals surface area contributed by atoms with Gasteiger partial charge in [0.2, 0.25) is 0 Å². The van der Waals surface area contributed by atoms with E-state index in [0.29, 0.717) is 11.4 Å². The number of aryl methyl sites for hydroxylation is 1. The van der Waals surface area contributed by atoms with Crippen molar-refractivity contribution in [2.45, 2.75) is 17.3 Å². The minimum Gasteiger partial charge on any atom is -0.398 e. The van der Waals surface area contributed by atoms with Crippen LogP contribution in [0.1, 0.15) is 5.56 Å². The molecule has 0 aliphatic rings. The summed E-state index contributed by atoms with van der Waals surface area (Å²) >= 11 is 1.36. The number of hydrogen-bond donors (Lipinski definition) is 1. The van der Waals surface area contributed by atoms with Crippen molar-refractivity contribution in [2.75, 3.05) is 17.2 Å². The quantitative estimate of drug-likeness (QED) is 0.508. The van der Waals surface area contributed by atoms with E-state index in [0.717, 1.165) is 10.5 Å². The van der Waals surface area contributed by atoms with Crippen molar-refractivity contribution in [2.24, 2.45) is 0 Å². The lowest BCUT2D eigenvalue weighted by Gasteiger charge is -2.07. The first-order chi connectivity index (χ1) is 7.38. The number of thioether (sulfide) groups is 2. The van der Waals surface area contributed by atoms with Crippen molar-refractivity contribution >= 4 is 29.2 Å². The molecule has 0 amide bonds. The lowest BCUT2D eigenvalue weighted by Crippen LogP contribution is -2.02. The van der Waals surface area contributed by atoms with Crippen LogP contribution in [0.5, 0.6) is 0 Å². The van der Waals surface area contributed by atoms with Gasteiger partial charge in [0.25, 0.3) is 0 Å². The Hall–Kier alpha value is -0.490. The second kappa shape index (κ2) is 5.72. The summed E-state index contributed by atoms with van der Waals surface area (Å²) in [7, 11) is 0. The zero-order valence-electron chi connectivity index (χ0n) is 8.67. The number of halogens is 3. The molecule has 0 aliphatic heterocycles. The van der Waals surface area contributed by atoms with E-state index in [1.165, 1.54) is 11.8 Å². The topological polar surface area (TPSA) is 26.0 Å². The highest BCUT2D eigenvalue weighted by Gasteiger charge is 2.27. The molecule has 1 nitrogen and oxygen atoms in total. The van der Waals surface area contributed by atoms with E-state index in [4.69, 9.17) is 5.73 Å². The van der Waals surface area contributed by atoms with E-state index in [1.54, 1.807) is 6.07 Å². The highest BCUT2D eigenvalue weighted by Crippen LogP contribution is 2.32. The van der Waals surface area contributed by atoms with Crippen molar-refractivity contribution in [1.82, 2.24) is 0 Å². The van der Waals surface area contributed by atoms with Gasteiger partial charge in [-0.2, -0.15) is 13.2 Å². The first-order valence-corrected chi connectivity index (χ1v) is 6.55. The van der Waals surface area contributed by atoms with Gasteiger partial charge in [-0.3, -0.25) is 0 Å². The lowest BCUT2D eigenvalue weighted by molar-refractivity contribution is -0.0326. The Balaban J connectivity index is 2.40. The van der Waals surface area contributed by atoms with Crippen LogP contribution in [-0.2, 0) is 0 Å². The first-order valence-electron chi connectivity index (χ1n) is 4.58. The molecule has 1 aromatic rings. The lowest BCUT2D eigenvalue weighted by atomic mass is 10.2. The number of nitrogens with two attached hydrogens (primary N) is 1. The molecule has 6 heteroatoms. The second-order valence-electron chi connectivity index (χ2n) is 3.18. The van der Waals surface area contributed by atoms with Crippen LogP contribution >= 0.6 is 23.5 Å². The van der Waals surface area contributed by atoms with Gasteiger partial charge < -0.3 is 5.73 Å². The molecule has 0 spiro atoms. The summed E-state index contributed by atoms with van der Waals surface area (Å²) in [6.45, 7) is 1.92. The highest BCUT2D eigenvalue weighted by molar-refractivity contribution is 8.03. The highest BCUT2D eigenvalue weighted by atomic mass is 32.2. The van der Waals surface area contributed by atoms with Crippen LogP contribution in [-0.4, -0.2) is 17.0 Å². The van der Waals surface area contributed by atoms with E-state index in [2.05, 4.69) is 0 Å². The van der Waals surface area contributed by atoms with Crippen LogP contribution in [0, 0.1) is 6.92 Å². The second-order valence-corrected chi connectivity index (χ2v) is 5.48. The number of rotatable bonds is 4. The third kappa shape index (κ3) is 5.03. The first kappa shape index (κ1) is 13.6. The number of hydrogen-bond acceptors (Lipinski definition) is 3. The van der Waals surface area contributed by atoms with E-state index >= 15 is 0 Å². The number of nitrogen functional groups attached to an aromatic ring is 1. The normalized spacial score (nSPS) is 11.8. The van der Waals surface area contributed by atoms with Crippen LogP contribution < -0.4 is 5.73 Å². The fraction of sp³-hybridized carbons (Fsp3) is 0.400. The summed E-state index contributed by atoms with van der Waals surface area (Å²) in [5, 5.41) is 0. The van der Waals surface area contributed by atoms with E-state index in [-0.39, 0.29) is 17.5 Å². The molecule has 0 fully saturated rings. The third-order valence-corrected chi connectivity index (χ3v) is 3.84. The fourth-order valence-corrected chi connectivity index (χ4v) is 2.70. The summed E-state index contributed by atoms with van der Waals surface area (Å²) in [6, 6.07) is 5.54. The predicted molar refractivity (Wildman–Crippen MR) is 64.8 cm³/mol. The van der Waals surface area contributed by atoms with Gasteiger partial charge in [0.15, 0.2) is 0 Å². The molecule has 0 atom stereocenters. The molecule has 0 saturated carbocycles. The predicted octanol–water partition coefficient (Wildman–Crippen LogP) is 3.92. The number of anilines is 1. The Kier molecular flexibility index (Phi) is 4.86. The van der Waals surface area contributed by atoms with Crippen LogP contribution in [0.25, 0.3) is 0 Å². The third-order valence-electron chi connectivity index (χ3n) is 1.78. The standard InChI is InChI=1S/C10H12F3NS2/c1-7-2-3-8(14)9(6-7)15-4-5-16-10(11,12)13/h2-3,6H,4-5,14H2,1H3. The smallest absolute Gasteiger partial charge is 0.398 e. The Morgan fingerprint density at radius 3 is 2.56 bits per heavy atom. The van der Waals surface area contributed by atoms with Crippen LogP contribution in [0.15, 0.2) is 23.1 Å². The average Bonchev–Trinajstić information content (AvgIpc) is 2.16. The van der Waals surface area contributed by atoms with Gasteiger partial charge in [-0.25, -0.2) is 0 Å². The molecule has 0 unspecified atom stereocenters. The Bertz CT molecular complexity index is 352. The van der Waals surface area contributed by atoms with Gasteiger partial charge in [-0.1, -0.05) is 17.8 Å². The number of alkyl halides is 3. The monoisotopic (exact) mass is 267 g/mol. The number of benzene rings is 1. The zero-order valence-corrected chi connectivity index (χ0v) is 10.3. The summed E-state index contributed by atoms with van der Waals surface area (Å²) < 4.78 is 35.6. The molecule has 0 radical (unpaired) electrons. The van der Waals surface area contributed by atoms with E-state index in [1.807, 2.05) is 19.1 Å². The van der Waals surface area contributed by atoms with Crippen molar-refractivity contribution in [3.63, 3.8) is 0 Å².